The molecule has 1 N–H and O–H groups in total. The van der Waals surface area contributed by atoms with E-state index in [0.717, 1.165) is 12.0 Å². The molecule has 2 atom stereocenters. The first kappa shape index (κ1) is 19.9. The Morgan fingerprint density at radius 3 is 2.46 bits per heavy atom. The molecule has 3 rings (SSSR count). The summed E-state index contributed by atoms with van der Waals surface area (Å²) in [5.74, 6) is 0.318. The SMILES string of the molecule is COc1ccc(C(c2cc(F)ccc2OC)N2CCCC2C(=O)O)c(OC)c1. The van der Waals surface area contributed by atoms with Gasteiger partial charge >= 0.3 is 5.97 Å². The average molecular weight is 389 g/mol. The lowest BCUT2D eigenvalue weighted by Gasteiger charge is -2.33. The minimum absolute atomic E-state index is 0.417. The molecule has 0 saturated carbocycles. The van der Waals surface area contributed by atoms with Gasteiger partial charge in [-0.1, -0.05) is 0 Å². The van der Waals surface area contributed by atoms with E-state index in [1.807, 2.05) is 11.0 Å². The Morgan fingerprint density at radius 2 is 1.82 bits per heavy atom. The van der Waals surface area contributed by atoms with Crippen molar-refractivity contribution in [1.82, 2.24) is 4.90 Å². The fraction of sp³-hybridized carbons (Fsp3) is 0.381. The van der Waals surface area contributed by atoms with Gasteiger partial charge < -0.3 is 19.3 Å². The van der Waals surface area contributed by atoms with E-state index in [0.29, 0.717) is 35.8 Å². The topological polar surface area (TPSA) is 68.2 Å². The van der Waals surface area contributed by atoms with Gasteiger partial charge in [-0.15, -0.1) is 0 Å². The molecule has 0 spiro atoms. The summed E-state index contributed by atoms with van der Waals surface area (Å²) in [6.07, 6.45) is 1.27. The molecular formula is C21H24FNO5. The molecule has 2 aromatic rings. The molecule has 2 aromatic carbocycles. The van der Waals surface area contributed by atoms with Gasteiger partial charge in [-0.3, -0.25) is 9.69 Å². The van der Waals surface area contributed by atoms with Crippen LogP contribution in [0.15, 0.2) is 36.4 Å². The highest BCUT2D eigenvalue weighted by Gasteiger charge is 2.39. The third-order valence-electron chi connectivity index (χ3n) is 5.13. The smallest absolute Gasteiger partial charge is 0.320 e. The molecule has 0 radical (unpaired) electrons. The fourth-order valence-electron chi connectivity index (χ4n) is 3.85. The van der Waals surface area contributed by atoms with Gasteiger partial charge in [0.2, 0.25) is 0 Å². The fourth-order valence-corrected chi connectivity index (χ4v) is 3.85. The van der Waals surface area contributed by atoms with E-state index in [1.54, 1.807) is 25.3 Å². The first-order valence-corrected chi connectivity index (χ1v) is 9.04. The van der Waals surface area contributed by atoms with Crippen molar-refractivity contribution < 1.29 is 28.5 Å². The van der Waals surface area contributed by atoms with Gasteiger partial charge in [0.25, 0.3) is 0 Å². The maximum atomic E-state index is 14.2. The number of benzene rings is 2. The van der Waals surface area contributed by atoms with Gasteiger partial charge in [-0.05, 0) is 43.2 Å². The average Bonchev–Trinajstić information content (AvgIpc) is 3.18. The van der Waals surface area contributed by atoms with Crippen molar-refractivity contribution in [3.63, 3.8) is 0 Å². The van der Waals surface area contributed by atoms with Gasteiger partial charge in [-0.25, -0.2) is 4.39 Å². The molecule has 0 aliphatic carbocycles. The summed E-state index contributed by atoms with van der Waals surface area (Å²) in [4.78, 5) is 13.7. The van der Waals surface area contributed by atoms with Crippen LogP contribution in [-0.2, 0) is 4.79 Å². The quantitative estimate of drug-likeness (QED) is 0.782. The summed E-state index contributed by atoms with van der Waals surface area (Å²) in [5.41, 5.74) is 1.28. The van der Waals surface area contributed by atoms with E-state index in [9.17, 15) is 14.3 Å². The summed E-state index contributed by atoms with van der Waals surface area (Å²) in [7, 11) is 4.61. The number of halogens is 1. The molecular weight excluding hydrogens is 365 g/mol. The first-order chi connectivity index (χ1) is 13.5. The van der Waals surface area contributed by atoms with Gasteiger partial charge in [0.1, 0.15) is 29.1 Å². The van der Waals surface area contributed by atoms with Crippen molar-refractivity contribution >= 4 is 5.97 Å². The Hall–Kier alpha value is -2.80. The second kappa shape index (κ2) is 8.48. The van der Waals surface area contributed by atoms with Gasteiger partial charge in [-0.2, -0.15) is 0 Å². The van der Waals surface area contributed by atoms with E-state index in [1.165, 1.54) is 26.4 Å². The number of ether oxygens (including phenoxy) is 3. The van der Waals surface area contributed by atoms with Crippen LogP contribution in [0.25, 0.3) is 0 Å². The molecule has 1 heterocycles. The lowest BCUT2D eigenvalue weighted by Crippen LogP contribution is -2.39. The molecule has 1 saturated heterocycles. The molecule has 0 amide bonds. The number of hydrogen-bond acceptors (Lipinski definition) is 5. The Bertz CT molecular complexity index is 857. The molecule has 7 heteroatoms. The van der Waals surface area contributed by atoms with Crippen molar-refractivity contribution in [3.8, 4) is 17.2 Å². The number of methoxy groups -OCH3 is 3. The van der Waals surface area contributed by atoms with Crippen LogP contribution >= 0.6 is 0 Å². The minimum atomic E-state index is -0.898. The van der Waals surface area contributed by atoms with Gasteiger partial charge in [0.05, 0.1) is 27.4 Å². The number of aliphatic carboxylic acids is 1. The highest BCUT2D eigenvalue weighted by Crippen LogP contribution is 2.43. The second-order valence-corrected chi connectivity index (χ2v) is 6.63. The zero-order chi connectivity index (χ0) is 20.3. The van der Waals surface area contributed by atoms with Crippen LogP contribution in [0.5, 0.6) is 17.2 Å². The van der Waals surface area contributed by atoms with Crippen LogP contribution in [0.3, 0.4) is 0 Å². The Kier molecular flexibility index (Phi) is 6.04. The number of carboxylic acid groups (broad SMARTS) is 1. The third-order valence-corrected chi connectivity index (χ3v) is 5.13. The lowest BCUT2D eigenvalue weighted by atomic mass is 9.94. The molecule has 1 aliphatic rings. The standard InChI is InChI=1S/C21H24FNO5/c1-26-14-7-8-15(19(12-14)28-3)20(23-10-4-5-17(23)21(24)25)16-11-13(22)6-9-18(16)27-2/h6-9,11-12,17,20H,4-5,10H2,1-3H3,(H,24,25). The van der Waals surface area contributed by atoms with Crippen LogP contribution in [0.4, 0.5) is 4.39 Å². The predicted octanol–water partition coefficient (Wildman–Crippen LogP) is 3.49. The summed E-state index contributed by atoms with van der Waals surface area (Å²) in [5, 5.41) is 9.72. The van der Waals surface area contributed by atoms with Crippen LogP contribution in [0, 0.1) is 5.82 Å². The highest BCUT2D eigenvalue weighted by molar-refractivity contribution is 5.74. The second-order valence-electron chi connectivity index (χ2n) is 6.63. The normalized spacial score (nSPS) is 17.9. The van der Waals surface area contributed by atoms with Crippen molar-refractivity contribution in [2.75, 3.05) is 27.9 Å². The minimum Gasteiger partial charge on any atom is -0.497 e. The zero-order valence-corrected chi connectivity index (χ0v) is 16.1. The molecule has 28 heavy (non-hydrogen) atoms. The van der Waals surface area contributed by atoms with E-state index < -0.39 is 23.9 Å². The number of rotatable bonds is 7. The largest absolute Gasteiger partial charge is 0.497 e. The Morgan fingerprint density at radius 1 is 1.07 bits per heavy atom. The number of likely N-dealkylation sites (tertiary alicyclic amines) is 1. The Labute approximate surface area is 163 Å². The summed E-state index contributed by atoms with van der Waals surface area (Å²) >= 11 is 0. The van der Waals surface area contributed by atoms with Crippen molar-refractivity contribution in [2.24, 2.45) is 0 Å². The molecule has 6 nitrogen and oxygen atoms in total. The van der Waals surface area contributed by atoms with E-state index >= 15 is 0 Å². The maximum absolute atomic E-state index is 14.2. The lowest BCUT2D eigenvalue weighted by molar-refractivity contribution is -0.142. The molecule has 1 aliphatic heterocycles. The van der Waals surface area contributed by atoms with Crippen LogP contribution in [0.1, 0.15) is 30.0 Å². The van der Waals surface area contributed by atoms with Crippen LogP contribution in [-0.4, -0.2) is 49.9 Å². The molecule has 150 valence electrons. The van der Waals surface area contributed by atoms with E-state index in [4.69, 9.17) is 14.2 Å². The third kappa shape index (κ3) is 3.75. The maximum Gasteiger partial charge on any atom is 0.320 e. The molecule has 2 unspecified atom stereocenters. The van der Waals surface area contributed by atoms with Gasteiger partial charge in [0.15, 0.2) is 0 Å². The Balaban J connectivity index is 2.21. The number of nitrogens with zero attached hydrogens (tertiary/aromatic N) is 1. The summed E-state index contributed by atoms with van der Waals surface area (Å²) in [6.45, 7) is 0.566. The molecule has 1 fully saturated rings. The van der Waals surface area contributed by atoms with Crippen molar-refractivity contribution in [1.29, 1.82) is 0 Å². The summed E-state index contributed by atoms with van der Waals surface area (Å²) < 4.78 is 30.5. The van der Waals surface area contributed by atoms with Crippen molar-refractivity contribution in [3.05, 3.63) is 53.3 Å². The zero-order valence-electron chi connectivity index (χ0n) is 16.1. The van der Waals surface area contributed by atoms with E-state index in [-0.39, 0.29) is 0 Å². The number of carboxylic acids is 1. The monoisotopic (exact) mass is 389 g/mol. The summed E-state index contributed by atoms with van der Waals surface area (Å²) in [6, 6.07) is 8.39. The van der Waals surface area contributed by atoms with Crippen molar-refractivity contribution in [2.45, 2.75) is 24.9 Å². The molecule has 0 bridgehead atoms. The number of hydrogen-bond donors (Lipinski definition) is 1. The van der Waals surface area contributed by atoms with Crippen LogP contribution < -0.4 is 14.2 Å². The van der Waals surface area contributed by atoms with Crippen LogP contribution in [0.2, 0.25) is 0 Å². The number of carbonyl (C=O) groups is 1. The molecule has 0 aromatic heterocycles. The first-order valence-electron chi connectivity index (χ1n) is 9.04. The van der Waals surface area contributed by atoms with Gasteiger partial charge in [0, 0.05) is 23.7 Å². The predicted molar refractivity (Wildman–Crippen MR) is 102 cm³/mol. The highest BCUT2D eigenvalue weighted by atomic mass is 19.1. The van der Waals surface area contributed by atoms with E-state index in [2.05, 4.69) is 0 Å².